The zero-order valence-electron chi connectivity index (χ0n) is 6.66. The van der Waals surface area contributed by atoms with Gasteiger partial charge in [-0.05, 0) is 12.8 Å². The van der Waals surface area contributed by atoms with Crippen LogP contribution in [-0.4, -0.2) is 11.1 Å². The van der Waals surface area contributed by atoms with E-state index in [0.29, 0.717) is 23.4 Å². The lowest BCUT2D eigenvalue weighted by Crippen LogP contribution is -2.03. The second kappa shape index (κ2) is 2.55. The summed E-state index contributed by atoms with van der Waals surface area (Å²) >= 11 is 0. The van der Waals surface area contributed by atoms with Crippen molar-refractivity contribution in [2.75, 3.05) is 11.5 Å². The maximum Gasteiger partial charge on any atom is 0.150 e. The standard InChI is InChI=1S/C8H11N3O/c9-7-6(12-5-1-2-5)3-4-11-8(7)10/h3-5H,1-2,9H2,(H2,10,11). The molecule has 0 unspecified atom stereocenters. The van der Waals surface area contributed by atoms with Crippen molar-refractivity contribution in [3.05, 3.63) is 12.3 Å². The van der Waals surface area contributed by atoms with Gasteiger partial charge in [0.25, 0.3) is 0 Å². The first-order valence-electron chi connectivity index (χ1n) is 3.94. The molecule has 1 aliphatic carbocycles. The van der Waals surface area contributed by atoms with Crippen LogP contribution in [0.15, 0.2) is 12.3 Å². The monoisotopic (exact) mass is 165 g/mol. The number of ether oxygens (including phenoxy) is 1. The number of pyridine rings is 1. The number of rotatable bonds is 2. The van der Waals surface area contributed by atoms with Crippen molar-refractivity contribution in [1.82, 2.24) is 4.98 Å². The number of hydrogen-bond donors (Lipinski definition) is 2. The van der Waals surface area contributed by atoms with Gasteiger partial charge in [-0.25, -0.2) is 4.98 Å². The summed E-state index contributed by atoms with van der Waals surface area (Å²) in [6, 6.07) is 1.74. The molecule has 1 fully saturated rings. The normalized spacial score (nSPS) is 16.0. The van der Waals surface area contributed by atoms with Crippen LogP contribution in [0.5, 0.6) is 5.75 Å². The molecule has 1 saturated carbocycles. The van der Waals surface area contributed by atoms with E-state index >= 15 is 0 Å². The number of hydrogen-bond acceptors (Lipinski definition) is 4. The first-order chi connectivity index (χ1) is 5.77. The summed E-state index contributed by atoms with van der Waals surface area (Å²) in [7, 11) is 0. The van der Waals surface area contributed by atoms with Crippen LogP contribution in [0.3, 0.4) is 0 Å². The molecule has 64 valence electrons. The third kappa shape index (κ3) is 1.28. The number of nitrogens with two attached hydrogens (primary N) is 2. The molecule has 2 rings (SSSR count). The van der Waals surface area contributed by atoms with E-state index in [1.807, 2.05) is 0 Å². The second-order valence-electron chi connectivity index (χ2n) is 2.93. The molecule has 1 heterocycles. The lowest BCUT2D eigenvalue weighted by molar-refractivity contribution is 0.305. The Labute approximate surface area is 70.5 Å². The van der Waals surface area contributed by atoms with Crippen LogP contribution in [0.1, 0.15) is 12.8 Å². The average Bonchev–Trinajstić information content (AvgIpc) is 2.83. The average molecular weight is 165 g/mol. The van der Waals surface area contributed by atoms with E-state index in [1.165, 1.54) is 0 Å². The molecule has 0 aromatic carbocycles. The third-order valence-corrected chi connectivity index (χ3v) is 1.80. The molecule has 0 bridgehead atoms. The third-order valence-electron chi connectivity index (χ3n) is 1.80. The first kappa shape index (κ1) is 7.21. The zero-order valence-corrected chi connectivity index (χ0v) is 6.66. The van der Waals surface area contributed by atoms with Crippen LogP contribution < -0.4 is 16.2 Å². The molecule has 0 spiro atoms. The summed E-state index contributed by atoms with van der Waals surface area (Å²) in [6.45, 7) is 0. The summed E-state index contributed by atoms with van der Waals surface area (Å²) in [5, 5.41) is 0. The van der Waals surface area contributed by atoms with E-state index in [9.17, 15) is 0 Å². The van der Waals surface area contributed by atoms with E-state index in [4.69, 9.17) is 16.2 Å². The van der Waals surface area contributed by atoms with Gasteiger partial charge in [-0.3, -0.25) is 0 Å². The minimum absolute atomic E-state index is 0.341. The van der Waals surface area contributed by atoms with E-state index in [-0.39, 0.29) is 0 Å². The van der Waals surface area contributed by atoms with Crippen molar-refractivity contribution in [2.45, 2.75) is 18.9 Å². The predicted molar refractivity (Wildman–Crippen MR) is 46.7 cm³/mol. The highest BCUT2D eigenvalue weighted by molar-refractivity contribution is 5.66. The zero-order chi connectivity index (χ0) is 8.55. The Kier molecular flexibility index (Phi) is 1.53. The van der Waals surface area contributed by atoms with Crippen LogP contribution in [0.4, 0.5) is 11.5 Å². The summed E-state index contributed by atoms with van der Waals surface area (Å²) in [5.41, 5.74) is 11.6. The Hall–Kier alpha value is -1.45. The van der Waals surface area contributed by atoms with Crippen molar-refractivity contribution in [3.63, 3.8) is 0 Å². The van der Waals surface area contributed by atoms with Crippen molar-refractivity contribution in [3.8, 4) is 5.75 Å². The SMILES string of the molecule is Nc1nccc(OC2CC2)c1N. The lowest BCUT2D eigenvalue weighted by atomic mass is 10.3. The fraction of sp³-hybridized carbons (Fsp3) is 0.375. The summed E-state index contributed by atoms with van der Waals surface area (Å²) < 4.78 is 5.49. The quantitative estimate of drug-likeness (QED) is 0.679. The van der Waals surface area contributed by atoms with Crippen LogP contribution in [-0.2, 0) is 0 Å². The summed E-state index contributed by atoms with van der Waals surface area (Å²) in [4.78, 5) is 3.84. The number of anilines is 2. The molecule has 0 radical (unpaired) electrons. The lowest BCUT2D eigenvalue weighted by Gasteiger charge is -2.07. The molecule has 0 amide bonds. The highest BCUT2D eigenvalue weighted by Gasteiger charge is 2.24. The smallest absolute Gasteiger partial charge is 0.150 e. The Morgan fingerprint density at radius 3 is 2.83 bits per heavy atom. The molecular weight excluding hydrogens is 154 g/mol. The molecule has 12 heavy (non-hydrogen) atoms. The molecule has 4 nitrogen and oxygen atoms in total. The van der Waals surface area contributed by atoms with Gasteiger partial charge in [0.1, 0.15) is 17.3 Å². The highest BCUT2D eigenvalue weighted by Crippen LogP contribution is 2.31. The van der Waals surface area contributed by atoms with Gasteiger partial charge in [-0.15, -0.1) is 0 Å². The Bertz CT molecular complexity index is 296. The molecule has 1 aromatic rings. The predicted octanol–water partition coefficient (Wildman–Crippen LogP) is 0.787. The summed E-state index contributed by atoms with van der Waals surface area (Å²) in [5.74, 6) is 0.998. The van der Waals surface area contributed by atoms with E-state index in [1.54, 1.807) is 12.3 Å². The molecular formula is C8H11N3O. The Morgan fingerprint density at radius 1 is 1.42 bits per heavy atom. The van der Waals surface area contributed by atoms with Crippen molar-refractivity contribution >= 4 is 11.5 Å². The van der Waals surface area contributed by atoms with Crippen molar-refractivity contribution in [1.29, 1.82) is 0 Å². The molecule has 0 saturated heterocycles. The van der Waals surface area contributed by atoms with E-state index < -0.39 is 0 Å². The summed E-state index contributed by atoms with van der Waals surface area (Å²) in [6.07, 6.45) is 4.17. The maximum absolute atomic E-state index is 5.65. The van der Waals surface area contributed by atoms with Gasteiger partial charge in [-0.2, -0.15) is 0 Å². The molecule has 1 aromatic heterocycles. The van der Waals surface area contributed by atoms with Crippen LogP contribution in [0.2, 0.25) is 0 Å². The first-order valence-corrected chi connectivity index (χ1v) is 3.94. The number of aromatic nitrogens is 1. The van der Waals surface area contributed by atoms with E-state index in [0.717, 1.165) is 12.8 Å². The molecule has 0 aliphatic heterocycles. The fourth-order valence-electron chi connectivity index (χ4n) is 0.939. The second-order valence-corrected chi connectivity index (χ2v) is 2.93. The van der Waals surface area contributed by atoms with Gasteiger partial charge in [0.05, 0.1) is 6.10 Å². The number of nitrogens with zero attached hydrogens (tertiary/aromatic N) is 1. The van der Waals surface area contributed by atoms with Gasteiger partial charge in [0.15, 0.2) is 0 Å². The van der Waals surface area contributed by atoms with Gasteiger partial charge in [0, 0.05) is 12.3 Å². The Morgan fingerprint density at radius 2 is 2.17 bits per heavy atom. The Balaban J connectivity index is 2.23. The number of nitrogen functional groups attached to an aromatic ring is 2. The largest absolute Gasteiger partial charge is 0.488 e. The van der Waals surface area contributed by atoms with Gasteiger partial charge in [0.2, 0.25) is 0 Å². The van der Waals surface area contributed by atoms with Gasteiger partial charge in [-0.1, -0.05) is 0 Å². The molecule has 4 heteroatoms. The minimum atomic E-state index is 0.341. The van der Waals surface area contributed by atoms with Crippen LogP contribution in [0, 0.1) is 0 Å². The topological polar surface area (TPSA) is 74.2 Å². The molecule has 0 atom stereocenters. The van der Waals surface area contributed by atoms with Crippen molar-refractivity contribution in [2.24, 2.45) is 0 Å². The highest BCUT2D eigenvalue weighted by atomic mass is 16.5. The van der Waals surface area contributed by atoms with Gasteiger partial charge < -0.3 is 16.2 Å². The van der Waals surface area contributed by atoms with E-state index in [2.05, 4.69) is 4.98 Å². The minimum Gasteiger partial charge on any atom is -0.488 e. The molecule has 1 aliphatic rings. The van der Waals surface area contributed by atoms with Gasteiger partial charge >= 0.3 is 0 Å². The molecule has 4 N–H and O–H groups in total. The fourth-order valence-corrected chi connectivity index (χ4v) is 0.939. The van der Waals surface area contributed by atoms with Crippen LogP contribution in [0.25, 0.3) is 0 Å². The maximum atomic E-state index is 5.65. The van der Waals surface area contributed by atoms with Crippen molar-refractivity contribution < 1.29 is 4.74 Å². The van der Waals surface area contributed by atoms with Crippen LogP contribution >= 0.6 is 0 Å².